The first-order valence-electron chi connectivity index (χ1n) is 15.1. The second-order valence-electron chi connectivity index (χ2n) is 13.2. The third kappa shape index (κ3) is 6.88. The fourth-order valence-corrected chi connectivity index (χ4v) is 8.91. The second kappa shape index (κ2) is 12.8. The zero-order valence-corrected chi connectivity index (χ0v) is 25.4. The van der Waals surface area contributed by atoms with Gasteiger partial charge in [0.2, 0.25) is 0 Å². The third-order valence-electron chi connectivity index (χ3n) is 10.3. The Kier molecular flexibility index (Phi) is 10.1. The number of hydrogen-bond donors (Lipinski definition) is 2. The first-order valence-corrected chi connectivity index (χ1v) is 16.6. The summed E-state index contributed by atoms with van der Waals surface area (Å²) in [7, 11) is -1.49. The van der Waals surface area contributed by atoms with Crippen LogP contribution in [0.15, 0.2) is 18.2 Å². The molecule has 2 saturated carbocycles. The predicted molar refractivity (Wildman–Crippen MR) is 152 cm³/mol. The number of alkyl halides is 5. The van der Waals surface area contributed by atoms with Crippen molar-refractivity contribution in [3.63, 3.8) is 0 Å². The maximum absolute atomic E-state index is 13.2. The van der Waals surface area contributed by atoms with E-state index in [4.69, 9.17) is 10.5 Å². The van der Waals surface area contributed by atoms with Gasteiger partial charge in [0.25, 0.3) is 0 Å². The van der Waals surface area contributed by atoms with E-state index in [9.17, 15) is 36.1 Å². The zero-order chi connectivity index (χ0) is 31.0. The van der Waals surface area contributed by atoms with Gasteiger partial charge in [-0.25, -0.2) is 4.79 Å². The number of halogens is 5. The summed E-state index contributed by atoms with van der Waals surface area (Å²) in [5.41, 5.74) is 8.15. The molecular weight excluding hydrogens is 577 g/mol. The molecule has 1 unspecified atom stereocenters. The first kappa shape index (κ1) is 33.3. The number of aliphatic hydroxyl groups excluding tert-OH is 1. The van der Waals surface area contributed by atoms with E-state index in [2.05, 4.69) is 6.92 Å². The second-order valence-corrected chi connectivity index (χ2v) is 14.9. The number of fused-ring (bicyclic) bond motifs is 5. The summed E-state index contributed by atoms with van der Waals surface area (Å²) < 4.78 is 81.9. The largest absolute Gasteiger partial charge is 0.453 e. The normalized spacial score (nSPS) is 30.8. The highest BCUT2D eigenvalue weighted by molar-refractivity contribution is 7.84. The van der Waals surface area contributed by atoms with Gasteiger partial charge in [-0.2, -0.15) is 22.0 Å². The minimum absolute atomic E-state index is 0.0646. The lowest BCUT2D eigenvalue weighted by atomic mass is 9.52. The topological polar surface area (TPSA) is 89.6 Å². The number of aliphatic hydroxyl groups is 1. The van der Waals surface area contributed by atoms with Gasteiger partial charge >= 0.3 is 18.1 Å². The lowest BCUT2D eigenvalue weighted by molar-refractivity contribution is -0.284. The van der Waals surface area contributed by atoms with Crippen LogP contribution in [0, 0.1) is 29.1 Å². The van der Waals surface area contributed by atoms with Crippen molar-refractivity contribution in [3.05, 3.63) is 29.3 Å². The Bertz CT molecular complexity index is 1140. The van der Waals surface area contributed by atoms with E-state index in [-0.39, 0.29) is 40.8 Å². The van der Waals surface area contributed by atoms with Gasteiger partial charge in [0.15, 0.2) is 0 Å². The molecule has 1 aromatic carbocycles. The predicted octanol–water partition coefficient (Wildman–Crippen LogP) is 6.53. The van der Waals surface area contributed by atoms with Crippen molar-refractivity contribution in [1.82, 2.24) is 0 Å². The standard InChI is InChI=1S/C31H44F5NO4S/c1-18(2)27(37)28(39)41-21-7-8-22-20(17-21)16-19(26-23(22)11-13-29(3)24(26)9-10-25(29)38)6-4-14-42(40)15-5-12-30(32,33)31(34,35)36/h7-8,17-19,23-27,38H,4-6,9-16,37H2,1-3H3/t19-,23-,24+,25+,26-,27+,29+,42?/m1/s1. The van der Waals surface area contributed by atoms with Gasteiger partial charge in [0.05, 0.1) is 6.10 Å². The highest BCUT2D eigenvalue weighted by atomic mass is 32.2. The molecule has 3 N–H and O–H groups in total. The summed E-state index contributed by atoms with van der Waals surface area (Å²) in [5.74, 6) is -3.68. The third-order valence-corrected chi connectivity index (χ3v) is 11.7. The van der Waals surface area contributed by atoms with Crippen LogP contribution in [0.1, 0.15) is 89.2 Å². The van der Waals surface area contributed by atoms with Gasteiger partial charge < -0.3 is 15.6 Å². The number of nitrogens with two attached hydrogens (primary N) is 1. The molecule has 238 valence electrons. The zero-order valence-electron chi connectivity index (χ0n) is 24.6. The Morgan fingerprint density at radius 3 is 2.50 bits per heavy atom. The van der Waals surface area contributed by atoms with Crippen LogP contribution < -0.4 is 10.5 Å². The summed E-state index contributed by atoms with van der Waals surface area (Å²) in [4.78, 5) is 12.5. The van der Waals surface area contributed by atoms with Crippen molar-refractivity contribution in [2.24, 2.45) is 34.8 Å². The molecule has 3 aliphatic carbocycles. The van der Waals surface area contributed by atoms with E-state index in [1.54, 1.807) is 0 Å². The van der Waals surface area contributed by atoms with Crippen LogP contribution in [-0.2, 0) is 22.0 Å². The van der Waals surface area contributed by atoms with E-state index in [0.29, 0.717) is 24.0 Å². The van der Waals surface area contributed by atoms with Crippen LogP contribution >= 0.6 is 0 Å². The molecule has 0 spiro atoms. The fraction of sp³-hybridized carbons (Fsp3) is 0.774. The van der Waals surface area contributed by atoms with Crippen molar-refractivity contribution in [2.45, 2.75) is 109 Å². The highest BCUT2D eigenvalue weighted by Gasteiger charge is 2.57. The SMILES string of the molecule is CC(C)[C@H](N)C(=O)Oc1ccc2c(c1)C[C@@H](CCCS(=O)CCCC(F)(F)C(F)(F)F)[C@@H]1[C@@H]2CC[C@]2(C)[C@@H](O)CC[C@@H]12. The number of benzene rings is 1. The lowest BCUT2D eigenvalue weighted by Gasteiger charge is -2.53. The number of rotatable bonds is 11. The molecule has 0 heterocycles. The Morgan fingerprint density at radius 1 is 1.14 bits per heavy atom. The molecule has 2 fully saturated rings. The van der Waals surface area contributed by atoms with Gasteiger partial charge in [-0.3, -0.25) is 4.21 Å². The molecule has 0 radical (unpaired) electrons. The summed E-state index contributed by atoms with van der Waals surface area (Å²) >= 11 is 0. The van der Waals surface area contributed by atoms with E-state index in [1.807, 2.05) is 32.0 Å². The van der Waals surface area contributed by atoms with Gasteiger partial charge in [-0.05, 0) is 110 Å². The van der Waals surface area contributed by atoms with Gasteiger partial charge in [-0.15, -0.1) is 0 Å². The van der Waals surface area contributed by atoms with Gasteiger partial charge in [-0.1, -0.05) is 26.8 Å². The minimum Gasteiger partial charge on any atom is -0.425 e. The maximum atomic E-state index is 13.2. The quantitative estimate of drug-likeness (QED) is 0.167. The summed E-state index contributed by atoms with van der Waals surface area (Å²) in [6.45, 7) is 5.89. The summed E-state index contributed by atoms with van der Waals surface area (Å²) in [5, 5.41) is 10.9. The fourth-order valence-electron chi connectivity index (χ4n) is 7.75. The first-order chi connectivity index (χ1) is 19.5. The summed E-state index contributed by atoms with van der Waals surface area (Å²) in [6.07, 6.45) is -2.19. The molecule has 0 amide bonds. The van der Waals surface area contributed by atoms with Crippen molar-refractivity contribution in [3.8, 4) is 5.75 Å². The summed E-state index contributed by atoms with van der Waals surface area (Å²) in [6, 6.07) is 5.06. The van der Waals surface area contributed by atoms with E-state index in [1.165, 1.54) is 5.56 Å². The maximum Gasteiger partial charge on any atom is 0.453 e. The smallest absolute Gasteiger partial charge is 0.425 e. The Morgan fingerprint density at radius 2 is 1.83 bits per heavy atom. The molecule has 0 aromatic heterocycles. The number of hydrogen-bond acceptors (Lipinski definition) is 5. The average molecular weight is 622 g/mol. The Hall–Kier alpha value is -1.59. The van der Waals surface area contributed by atoms with Crippen LogP contribution in [0.5, 0.6) is 5.75 Å². The van der Waals surface area contributed by atoms with Crippen molar-refractivity contribution < 1.29 is 40.8 Å². The lowest BCUT2D eigenvalue weighted by Crippen LogP contribution is -2.47. The van der Waals surface area contributed by atoms with E-state index in [0.717, 1.165) is 44.1 Å². The molecule has 1 aromatic rings. The van der Waals surface area contributed by atoms with Crippen LogP contribution in [0.2, 0.25) is 0 Å². The van der Waals surface area contributed by atoms with Crippen LogP contribution in [0.3, 0.4) is 0 Å². The molecule has 11 heteroatoms. The van der Waals surface area contributed by atoms with Gasteiger partial charge in [0, 0.05) is 28.7 Å². The monoisotopic (exact) mass is 621 g/mol. The van der Waals surface area contributed by atoms with Crippen molar-refractivity contribution in [2.75, 3.05) is 11.5 Å². The molecular formula is C31H44F5NO4S. The molecule has 0 bridgehead atoms. The Balaban J connectivity index is 1.46. The number of carbonyl (C=O) groups is 1. The van der Waals surface area contributed by atoms with Crippen LogP contribution in [0.25, 0.3) is 0 Å². The molecule has 0 saturated heterocycles. The van der Waals surface area contributed by atoms with Gasteiger partial charge in [0.1, 0.15) is 11.8 Å². The molecule has 3 aliphatic rings. The van der Waals surface area contributed by atoms with Crippen LogP contribution in [0.4, 0.5) is 22.0 Å². The average Bonchev–Trinajstić information content (AvgIpc) is 3.21. The van der Waals surface area contributed by atoms with E-state index < -0.39 is 47.8 Å². The molecule has 42 heavy (non-hydrogen) atoms. The number of ether oxygens (including phenoxy) is 1. The number of carbonyl (C=O) groups excluding carboxylic acids is 1. The molecule has 4 rings (SSSR count). The number of esters is 1. The highest BCUT2D eigenvalue weighted by Crippen LogP contribution is 2.62. The minimum atomic E-state index is -5.59. The Labute approximate surface area is 247 Å². The molecule has 0 aliphatic heterocycles. The van der Waals surface area contributed by atoms with E-state index >= 15 is 0 Å². The molecule has 8 atom stereocenters. The van der Waals surface area contributed by atoms with Crippen molar-refractivity contribution >= 4 is 16.8 Å². The molecule has 5 nitrogen and oxygen atoms in total. The van der Waals surface area contributed by atoms with Crippen molar-refractivity contribution in [1.29, 1.82) is 0 Å². The van der Waals surface area contributed by atoms with Crippen LogP contribution in [-0.4, -0.2) is 51.0 Å².